The van der Waals surface area contributed by atoms with Crippen LogP contribution in [0.1, 0.15) is 5.89 Å². The zero-order valence-electron chi connectivity index (χ0n) is 11.6. The van der Waals surface area contributed by atoms with E-state index < -0.39 is 11.9 Å². The first-order valence-electron chi connectivity index (χ1n) is 6.41. The molecule has 1 aliphatic rings. The summed E-state index contributed by atoms with van der Waals surface area (Å²) in [5.41, 5.74) is 0.835. The van der Waals surface area contributed by atoms with Crippen LogP contribution in [0.15, 0.2) is 40.0 Å². The summed E-state index contributed by atoms with van der Waals surface area (Å²) in [6.45, 7) is -0.110. The van der Waals surface area contributed by atoms with Crippen molar-refractivity contribution in [2.45, 2.75) is 0 Å². The largest absolute Gasteiger partial charge is 0.497 e. The quantitative estimate of drug-likeness (QED) is 0.676. The molecule has 2 aromatic rings. The van der Waals surface area contributed by atoms with Gasteiger partial charge in [0.2, 0.25) is 11.8 Å². The molecule has 1 aromatic carbocycles. The number of hydrogen-bond acceptors (Lipinski definition) is 6. The number of imide groups is 1. The lowest BCUT2D eigenvalue weighted by molar-refractivity contribution is -0.118. The van der Waals surface area contributed by atoms with Gasteiger partial charge < -0.3 is 9.15 Å². The highest BCUT2D eigenvalue weighted by atomic mass is 16.5. The molecule has 3 amide bonds. The van der Waals surface area contributed by atoms with Gasteiger partial charge in [0.15, 0.2) is 5.76 Å². The monoisotopic (exact) mass is 300 g/mol. The van der Waals surface area contributed by atoms with Gasteiger partial charge in [-0.15, -0.1) is 0 Å². The molecule has 22 heavy (non-hydrogen) atoms. The molecule has 1 N–H and O–H groups in total. The van der Waals surface area contributed by atoms with E-state index in [1.54, 1.807) is 13.3 Å². The Balaban J connectivity index is 1.73. The molecule has 2 heterocycles. The van der Waals surface area contributed by atoms with E-state index in [0.717, 1.165) is 16.3 Å². The van der Waals surface area contributed by atoms with Gasteiger partial charge in [0.05, 0.1) is 13.3 Å². The smallest absolute Gasteiger partial charge is 0.344 e. The van der Waals surface area contributed by atoms with Crippen LogP contribution in [-0.2, 0) is 4.79 Å². The molecular formula is C14H12N4O4. The summed E-state index contributed by atoms with van der Waals surface area (Å²) in [5.74, 6) is 1.15. The maximum Gasteiger partial charge on any atom is 0.344 e. The van der Waals surface area contributed by atoms with Crippen LogP contribution in [0, 0.1) is 0 Å². The summed E-state index contributed by atoms with van der Waals surface area (Å²) in [5, 5.41) is 6.97. The van der Waals surface area contributed by atoms with Crippen molar-refractivity contribution >= 4 is 18.2 Å². The maximum absolute atomic E-state index is 11.3. The van der Waals surface area contributed by atoms with Gasteiger partial charge in [0, 0.05) is 5.56 Å². The zero-order chi connectivity index (χ0) is 15.5. The molecule has 0 radical (unpaired) electrons. The predicted molar refractivity (Wildman–Crippen MR) is 76.3 cm³/mol. The molecule has 0 spiro atoms. The zero-order valence-corrected chi connectivity index (χ0v) is 11.6. The van der Waals surface area contributed by atoms with Crippen LogP contribution >= 0.6 is 0 Å². The number of amides is 3. The number of rotatable bonds is 4. The molecule has 1 fully saturated rings. The fraction of sp³-hybridized carbons (Fsp3) is 0.143. The Kier molecular flexibility index (Phi) is 3.57. The van der Waals surface area contributed by atoms with Crippen molar-refractivity contribution in [3.8, 4) is 17.1 Å². The summed E-state index contributed by atoms with van der Waals surface area (Å²) < 4.78 is 10.6. The van der Waals surface area contributed by atoms with Crippen molar-refractivity contribution in [2.24, 2.45) is 5.10 Å². The normalized spacial score (nSPS) is 14.7. The standard InChI is InChI=1S/C14H12N4O4/c1-21-10-4-2-9(3-5-10)11-6-15-13(22-11)7-16-18-8-12(19)17-14(18)20/h2-7H,8H2,1H3,(H,17,19,20). The first-order valence-corrected chi connectivity index (χ1v) is 6.41. The second kappa shape index (κ2) is 5.68. The number of carbonyl (C=O) groups excluding carboxylic acids is 2. The van der Waals surface area contributed by atoms with E-state index in [2.05, 4.69) is 15.4 Å². The van der Waals surface area contributed by atoms with Crippen molar-refractivity contribution in [2.75, 3.05) is 13.7 Å². The third-order valence-electron chi connectivity index (χ3n) is 2.98. The van der Waals surface area contributed by atoms with Gasteiger partial charge >= 0.3 is 6.03 Å². The Hall–Kier alpha value is -3.16. The molecule has 1 saturated heterocycles. The van der Waals surface area contributed by atoms with Crippen LogP contribution in [0.2, 0.25) is 0 Å². The van der Waals surface area contributed by atoms with Crippen molar-refractivity contribution in [1.82, 2.24) is 15.3 Å². The van der Waals surface area contributed by atoms with Gasteiger partial charge in [0.1, 0.15) is 18.5 Å². The predicted octanol–water partition coefficient (Wildman–Crippen LogP) is 1.24. The molecule has 0 saturated carbocycles. The molecule has 3 rings (SSSR count). The van der Waals surface area contributed by atoms with Gasteiger partial charge in [-0.05, 0) is 24.3 Å². The van der Waals surface area contributed by atoms with E-state index in [9.17, 15) is 9.59 Å². The lowest BCUT2D eigenvalue weighted by atomic mass is 10.2. The lowest BCUT2D eigenvalue weighted by Crippen LogP contribution is -2.24. The van der Waals surface area contributed by atoms with E-state index in [1.807, 2.05) is 24.3 Å². The van der Waals surface area contributed by atoms with Gasteiger partial charge in [-0.1, -0.05) is 0 Å². The van der Waals surface area contributed by atoms with Crippen molar-refractivity contribution in [3.63, 3.8) is 0 Å². The Morgan fingerprint density at radius 3 is 2.77 bits per heavy atom. The third-order valence-corrected chi connectivity index (χ3v) is 2.98. The SMILES string of the molecule is COc1ccc(-c2cnc(C=NN3CC(=O)NC3=O)o2)cc1. The summed E-state index contributed by atoms with van der Waals surface area (Å²) in [4.78, 5) is 26.4. The number of aromatic nitrogens is 1. The van der Waals surface area contributed by atoms with Crippen LogP contribution in [0.25, 0.3) is 11.3 Å². The molecule has 0 unspecified atom stereocenters. The third kappa shape index (κ3) is 2.80. The van der Waals surface area contributed by atoms with Crippen molar-refractivity contribution in [1.29, 1.82) is 0 Å². The first kappa shape index (κ1) is 13.8. The van der Waals surface area contributed by atoms with Crippen LogP contribution in [0.4, 0.5) is 4.79 Å². The van der Waals surface area contributed by atoms with Crippen LogP contribution in [0.5, 0.6) is 5.75 Å². The second-order valence-corrected chi connectivity index (χ2v) is 4.45. The molecule has 1 aliphatic heterocycles. The Labute approximate surface area is 125 Å². The topological polar surface area (TPSA) is 97.0 Å². The van der Waals surface area contributed by atoms with Crippen molar-refractivity contribution < 1.29 is 18.7 Å². The van der Waals surface area contributed by atoms with Gasteiger partial charge in [-0.3, -0.25) is 10.1 Å². The fourth-order valence-corrected chi connectivity index (χ4v) is 1.88. The highest BCUT2D eigenvalue weighted by molar-refractivity contribution is 6.02. The summed E-state index contributed by atoms with van der Waals surface area (Å²) in [7, 11) is 1.59. The van der Waals surface area contributed by atoms with E-state index in [4.69, 9.17) is 9.15 Å². The molecule has 8 nitrogen and oxygen atoms in total. The molecule has 0 atom stereocenters. The number of hydrogen-bond donors (Lipinski definition) is 1. The Morgan fingerprint density at radius 1 is 1.36 bits per heavy atom. The van der Waals surface area contributed by atoms with Gasteiger partial charge in [0.25, 0.3) is 0 Å². The molecule has 112 valence electrons. The minimum Gasteiger partial charge on any atom is -0.497 e. The van der Waals surface area contributed by atoms with Gasteiger partial charge in [-0.2, -0.15) is 5.10 Å². The van der Waals surface area contributed by atoms with Crippen molar-refractivity contribution in [3.05, 3.63) is 36.4 Å². The van der Waals surface area contributed by atoms with Gasteiger partial charge in [-0.25, -0.2) is 14.8 Å². The Bertz CT molecular complexity index is 736. The highest BCUT2D eigenvalue weighted by Gasteiger charge is 2.26. The number of carbonyl (C=O) groups is 2. The molecule has 1 aromatic heterocycles. The minimum absolute atomic E-state index is 0.110. The molecule has 8 heteroatoms. The fourth-order valence-electron chi connectivity index (χ4n) is 1.88. The van der Waals surface area contributed by atoms with E-state index in [1.165, 1.54) is 6.21 Å². The number of nitrogens with one attached hydrogen (secondary N) is 1. The average molecular weight is 300 g/mol. The molecule has 0 aliphatic carbocycles. The van der Waals surface area contributed by atoms with E-state index >= 15 is 0 Å². The summed E-state index contributed by atoms with van der Waals surface area (Å²) in [6, 6.07) is 6.74. The lowest BCUT2D eigenvalue weighted by Gasteiger charge is -2.02. The summed E-state index contributed by atoms with van der Waals surface area (Å²) in [6.07, 6.45) is 2.84. The minimum atomic E-state index is -0.566. The number of ether oxygens (including phenoxy) is 1. The highest BCUT2D eigenvalue weighted by Crippen LogP contribution is 2.22. The first-order chi connectivity index (χ1) is 10.7. The number of hydrazone groups is 1. The maximum atomic E-state index is 11.3. The van der Waals surface area contributed by atoms with Crippen LogP contribution in [-0.4, -0.2) is 41.8 Å². The van der Waals surface area contributed by atoms with Crippen LogP contribution in [0.3, 0.4) is 0 Å². The average Bonchev–Trinajstić information content (AvgIpc) is 3.12. The van der Waals surface area contributed by atoms with E-state index in [0.29, 0.717) is 5.76 Å². The second-order valence-electron chi connectivity index (χ2n) is 4.45. The number of nitrogens with zero attached hydrogens (tertiary/aromatic N) is 3. The summed E-state index contributed by atoms with van der Waals surface area (Å²) >= 11 is 0. The number of benzene rings is 1. The Morgan fingerprint density at radius 2 is 2.14 bits per heavy atom. The number of oxazole rings is 1. The molecule has 0 bridgehead atoms. The van der Waals surface area contributed by atoms with E-state index in [-0.39, 0.29) is 12.4 Å². The number of urea groups is 1. The van der Waals surface area contributed by atoms with Crippen LogP contribution < -0.4 is 10.1 Å². The molecular weight excluding hydrogens is 288 g/mol. The number of methoxy groups -OCH3 is 1.